The quantitative estimate of drug-likeness (QED) is 0.674. The van der Waals surface area contributed by atoms with Gasteiger partial charge in [0.05, 0.1) is 0 Å². The van der Waals surface area contributed by atoms with Gasteiger partial charge >= 0.3 is 0 Å². The van der Waals surface area contributed by atoms with Gasteiger partial charge in [0, 0.05) is 0 Å². The molecule has 0 saturated heterocycles. The topological polar surface area (TPSA) is 12.0 Å². The minimum atomic E-state index is 0. The summed E-state index contributed by atoms with van der Waals surface area (Å²) in [5, 5.41) is 2.96. The van der Waals surface area contributed by atoms with Crippen molar-refractivity contribution in [1.29, 1.82) is 0 Å². The standard InChI is InChI=1S/C5H9Cl2N.ClH/c1-8-4-2-3-5(6)7;/h3,8H,2,4H2,1H3;1H. The SMILES string of the molecule is CNCCC=C(Cl)Cl.Cl. The Bertz CT molecular complexity index is 78.3. The molecule has 0 aliphatic carbocycles. The molecule has 9 heavy (non-hydrogen) atoms. The summed E-state index contributed by atoms with van der Waals surface area (Å²) in [5.41, 5.74) is 0. The van der Waals surface area contributed by atoms with Gasteiger partial charge in [0.2, 0.25) is 0 Å². The zero-order valence-corrected chi connectivity index (χ0v) is 7.48. The predicted molar refractivity (Wildman–Crippen MR) is 45.6 cm³/mol. The molecular formula is C5H10Cl3N. The third-order valence-corrected chi connectivity index (χ3v) is 1.00. The molecule has 0 heterocycles. The molecule has 0 aromatic rings. The first-order valence-corrected chi connectivity index (χ1v) is 3.18. The van der Waals surface area contributed by atoms with Crippen LogP contribution in [0.15, 0.2) is 10.6 Å². The van der Waals surface area contributed by atoms with Crippen molar-refractivity contribution in [3.63, 3.8) is 0 Å². The molecular weight excluding hydrogens is 180 g/mol. The second kappa shape index (κ2) is 8.57. The number of rotatable bonds is 3. The molecule has 0 radical (unpaired) electrons. The molecule has 0 rings (SSSR count). The van der Waals surface area contributed by atoms with E-state index in [0.717, 1.165) is 13.0 Å². The molecule has 1 nitrogen and oxygen atoms in total. The van der Waals surface area contributed by atoms with Gasteiger partial charge in [-0.3, -0.25) is 0 Å². The summed E-state index contributed by atoms with van der Waals surface area (Å²) < 4.78 is 0.347. The van der Waals surface area contributed by atoms with E-state index in [9.17, 15) is 0 Å². The molecule has 0 aliphatic rings. The van der Waals surface area contributed by atoms with E-state index >= 15 is 0 Å². The fourth-order valence-electron chi connectivity index (χ4n) is 0.326. The third-order valence-electron chi connectivity index (χ3n) is 0.693. The summed E-state index contributed by atoms with van der Waals surface area (Å²) >= 11 is 10.6. The Hall–Kier alpha value is 0.570. The maximum Gasteiger partial charge on any atom is 0.102 e. The van der Waals surface area contributed by atoms with Crippen molar-refractivity contribution in [1.82, 2.24) is 5.32 Å². The molecule has 0 unspecified atom stereocenters. The molecule has 1 N–H and O–H groups in total. The molecule has 0 aromatic heterocycles. The van der Waals surface area contributed by atoms with Crippen molar-refractivity contribution >= 4 is 35.6 Å². The lowest BCUT2D eigenvalue weighted by molar-refractivity contribution is 0.808. The van der Waals surface area contributed by atoms with E-state index in [1.165, 1.54) is 0 Å². The van der Waals surface area contributed by atoms with Crippen LogP contribution in [0.4, 0.5) is 0 Å². The molecule has 0 fully saturated rings. The molecule has 0 spiro atoms. The largest absolute Gasteiger partial charge is 0.319 e. The van der Waals surface area contributed by atoms with Crippen LogP contribution >= 0.6 is 35.6 Å². The zero-order valence-electron chi connectivity index (χ0n) is 5.16. The van der Waals surface area contributed by atoms with Crippen LogP contribution < -0.4 is 5.32 Å². The summed E-state index contributed by atoms with van der Waals surface area (Å²) in [6.45, 7) is 0.920. The Morgan fingerprint density at radius 1 is 1.56 bits per heavy atom. The Balaban J connectivity index is 0. The Morgan fingerprint density at radius 3 is 2.44 bits per heavy atom. The minimum Gasteiger partial charge on any atom is -0.319 e. The van der Waals surface area contributed by atoms with E-state index in [0.29, 0.717) is 4.49 Å². The Labute approximate surface area is 71.8 Å². The molecule has 0 saturated carbocycles. The van der Waals surface area contributed by atoms with Crippen LogP contribution in [0.25, 0.3) is 0 Å². The highest BCUT2D eigenvalue weighted by Gasteiger charge is 1.80. The maximum atomic E-state index is 5.31. The van der Waals surface area contributed by atoms with Crippen LogP contribution in [0, 0.1) is 0 Å². The van der Waals surface area contributed by atoms with E-state index in [1.807, 2.05) is 7.05 Å². The van der Waals surface area contributed by atoms with E-state index in [2.05, 4.69) is 5.32 Å². The molecule has 0 bridgehead atoms. The molecule has 0 aliphatic heterocycles. The van der Waals surface area contributed by atoms with Crippen molar-refractivity contribution in [2.45, 2.75) is 6.42 Å². The average Bonchev–Trinajstić information content (AvgIpc) is 1.66. The van der Waals surface area contributed by atoms with Crippen LogP contribution in [-0.2, 0) is 0 Å². The summed E-state index contributed by atoms with van der Waals surface area (Å²) in [7, 11) is 1.88. The molecule has 56 valence electrons. The minimum absolute atomic E-state index is 0. The van der Waals surface area contributed by atoms with E-state index < -0.39 is 0 Å². The van der Waals surface area contributed by atoms with E-state index in [4.69, 9.17) is 23.2 Å². The second-order valence-electron chi connectivity index (χ2n) is 1.39. The molecule has 0 aromatic carbocycles. The summed E-state index contributed by atoms with van der Waals surface area (Å²) in [5.74, 6) is 0. The van der Waals surface area contributed by atoms with E-state index in [-0.39, 0.29) is 12.4 Å². The first-order valence-electron chi connectivity index (χ1n) is 2.43. The maximum absolute atomic E-state index is 5.31. The lowest BCUT2D eigenvalue weighted by Crippen LogP contribution is -2.05. The van der Waals surface area contributed by atoms with Crippen LogP contribution in [0.3, 0.4) is 0 Å². The van der Waals surface area contributed by atoms with Crippen LogP contribution in [-0.4, -0.2) is 13.6 Å². The van der Waals surface area contributed by atoms with Gasteiger partial charge in [0.25, 0.3) is 0 Å². The smallest absolute Gasteiger partial charge is 0.102 e. The van der Waals surface area contributed by atoms with Gasteiger partial charge in [0.1, 0.15) is 4.49 Å². The van der Waals surface area contributed by atoms with Gasteiger partial charge in [-0.2, -0.15) is 0 Å². The zero-order chi connectivity index (χ0) is 6.41. The van der Waals surface area contributed by atoms with Crippen LogP contribution in [0.1, 0.15) is 6.42 Å². The van der Waals surface area contributed by atoms with Crippen molar-refractivity contribution < 1.29 is 0 Å². The van der Waals surface area contributed by atoms with Gasteiger partial charge in [-0.15, -0.1) is 12.4 Å². The monoisotopic (exact) mass is 189 g/mol. The number of hydrogen-bond donors (Lipinski definition) is 1. The normalized spacial score (nSPS) is 7.89. The molecule has 4 heteroatoms. The van der Waals surface area contributed by atoms with Crippen LogP contribution in [0.2, 0.25) is 0 Å². The molecule has 0 atom stereocenters. The average molecular weight is 191 g/mol. The fourth-order valence-corrected chi connectivity index (χ4v) is 0.544. The number of halogens is 3. The van der Waals surface area contributed by atoms with Gasteiger partial charge in [0.15, 0.2) is 0 Å². The molecule has 0 amide bonds. The first kappa shape index (κ1) is 12.3. The van der Waals surface area contributed by atoms with Gasteiger partial charge in [-0.05, 0) is 20.0 Å². The highest BCUT2D eigenvalue weighted by Crippen LogP contribution is 2.06. The third kappa shape index (κ3) is 11.9. The Morgan fingerprint density at radius 2 is 2.11 bits per heavy atom. The lowest BCUT2D eigenvalue weighted by Gasteiger charge is -1.89. The van der Waals surface area contributed by atoms with E-state index in [1.54, 1.807) is 6.08 Å². The van der Waals surface area contributed by atoms with Crippen molar-refractivity contribution in [3.8, 4) is 0 Å². The summed E-state index contributed by atoms with van der Waals surface area (Å²) in [6, 6.07) is 0. The predicted octanol–water partition coefficient (Wildman–Crippen LogP) is 2.34. The number of nitrogens with one attached hydrogen (secondary N) is 1. The Kier molecular flexibility index (Phi) is 11.7. The van der Waals surface area contributed by atoms with Crippen molar-refractivity contribution in [2.75, 3.05) is 13.6 Å². The highest BCUT2D eigenvalue weighted by atomic mass is 35.5. The van der Waals surface area contributed by atoms with Crippen LogP contribution in [0.5, 0.6) is 0 Å². The van der Waals surface area contributed by atoms with Crippen molar-refractivity contribution in [3.05, 3.63) is 10.6 Å². The lowest BCUT2D eigenvalue weighted by atomic mass is 10.4. The number of hydrogen-bond acceptors (Lipinski definition) is 1. The van der Waals surface area contributed by atoms with Gasteiger partial charge in [-0.1, -0.05) is 29.3 Å². The summed E-state index contributed by atoms with van der Waals surface area (Å²) in [6.07, 6.45) is 2.65. The highest BCUT2D eigenvalue weighted by molar-refractivity contribution is 6.55. The first-order chi connectivity index (χ1) is 3.77. The van der Waals surface area contributed by atoms with Crippen molar-refractivity contribution in [2.24, 2.45) is 0 Å². The van der Waals surface area contributed by atoms with Gasteiger partial charge < -0.3 is 5.32 Å². The second-order valence-corrected chi connectivity index (χ2v) is 2.39. The summed E-state index contributed by atoms with van der Waals surface area (Å²) in [4.78, 5) is 0. The fraction of sp³-hybridized carbons (Fsp3) is 0.600. The van der Waals surface area contributed by atoms with Gasteiger partial charge in [-0.25, -0.2) is 0 Å².